The van der Waals surface area contributed by atoms with Gasteiger partial charge in [0.25, 0.3) is 0 Å². The van der Waals surface area contributed by atoms with E-state index in [-0.39, 0.29) is 12.1 Å². The Balaban J connectivity index is 1.44. The number of ether oxygens (including phenoxy) is 1. The van der Waals surface area contributed by atoms with Gasteiger partial charge in [-0.05, 0) is 105 Å². The largest absolute Gasteiger partial charge is 0.459 e. The fraction of sp³-hybridized carbons (Fsp3) is 0.844. The van der Waals surface area contributed by atoms with Gasteiger partial charge < -0.3 is 4.74 Å². The Morgan fingerprint density at radius 1 is 1.06 bits per heavy atom. The molecule has 8 atom stereocenters. The lowest BCUT2D eigenvalue weighted by Crippen LogP contribution is -2.51. The predicted octanol–water partition coefficient (Wildman–Crippen LogP) is 9.47. The topological polar surface area (TPSA) is 26.3 Å². The summed E-state index contributed by atoms with van der Waals surface area (Å²) >= 11 is 6.04. The van der Waals surface area contributed by atoms with Crippen LogP contribution in [0.5, 0.6) is 0 Å². The van der Waals surface area contributed by atoms with E-state index < -0.39 is 0 Å². The number of allylic oxidation sites excluding steroid dienone is 2. The molecule has 3 saturated carbocycles. The molecular formula is C32H51ClO2. The van der Waals surface area contributed by atoms with Crippen molar-refractivity contribution in [3.05, 3.63) is 22.3 Å². The average molecular weight is 503 g/mol. The highest BCUT2D eigenvalue weighted by molar-refractivity contribution is 6.31. The lowest BCUT2D eigenvalue weighted by atomic mass is 9.47. The molecule has 0 aromatic rings. The minimum Gasteiger partial charge on any atom is -0.459 e. The second-order valence-corrected chi connectivity index (χ2v) is 14.3. The number of halogens is 1. The molecule has 4 aliphatic carbocycles. The maximum atomic E-state index is 12.5. The SMILES string of the molecule is C/C(Cl)=C(\C)C(=O)O[C@H]1CC[C@@]2(C)C(=CC[C@@H]3[C@H]4CC[C@@H]([C@@H](C)CCCC(C)C)[C@]4(C)CC[C@H]32)C1. The van der Waals surface area contributed by atoms with Crippen molar-refractivity contribution >= 4 is 17.6 Å². The molecule has 0 unspecified atom stereocenters. The van der Waals surface area contributed by atoms with Crippen molar-refractivity contribution in [1.82, 2.24) is 0 Å². The third kappa shape index (κ3) is 5.17. The van der Waals surface area contributed by atoms with E-state index >= 15 is 0 Å². The molecule has 0 aliphatic heterocycles. The van der Waals surface area contributed by atoms with E-state index in [4.69, 9.17) is 16.3 Å². The molecule has 198 valence electrons. The van der Waals surface area contributed by atoms with E-state index in [1.807, 2.05) is 0 Å². The van der Waals surface area contributed by atoms with Gasteiger partial charge in [-0.25, -0.2) is 4.79 Å². The van der Waals surface area contributed by atoms with Crippen LogP contribution in [-0.2, 0) is 9.53 Å². The zero-order valence-electron chi connectivity index (χ0n) is 23.6. The van der Waals surface area contributed by atoms with Crippen molar-refractivity contribution < 1.29 is 9.53 Å². The second-order valence-electron chi connectivity index (χ2n) is 13.7. The zero-order chi connectivity index (χ0) is 25.5. The highest BCUT2D eigenvalue weighted by atomic mass is 35.5. The van der Waals surface area contributed by atoms with Crippen LogP contribution in [0.25, 0.3) is 0 Å². The predicted molar refractivity (Wildman–Crippen MR) is 147 cm³/mol. The first kappa shape index (κ1) is 27.3. The number of rotatable bonds is 7. The van der Waals surface area contributed by atoms with Crippen molar-refractivity contribution in [1.29, 1.82) is 0 Å². The molecule has 0 spiro atoms. The van der Waals surface area contributed by atoms with Crippen LogP contribution >= 0.6 is 11.6 Å². The van der Waals surface area contributed by atoms with Crippen LogP contribution in [0.1, 0.15) is 119 Å². The number of hydrogen-bond acceptors (Lipinski definition) is 2. The van der Waals surface area contributed by atoms with Crippen molar-refractivity contribution in [2.75, 3.05) is 0 Å². The summed E-state index contributed by atoms with van der Waals surface area (Å²) in [5, 5.41) is 0.532. The molecule has 2 nitrogen and oxygen atoms in total. The normalized spacial score (nSPS) is 40.3. The molecule has 0 radical (unpaired) electrons. The van der Waals surface area contributed by atoms with Crippen LogP contribution in [0.15, 0.2) is 22.3 Å². The molecule has 4 aliphatic rings. The summed E-state index contributed by atoms with van der Waals surface area (Å²) in [4.78, 5) is 12.5. The summed E-state index contributed by atoms with van der Waals surface area (Å²) in [6, 6.07) is 0. The van der Waals surface area contributed by atoms with Crippen LogP contribution in [0.4, 0.5) is 0 Å². The molecule has 0 saturated heterocycles. The fourth-order valence-electron chi connectivity index (χ4n) is 9.13. The molecule has 0 amide bonds. The fourth-order valence-corrected chi connectivity index (χ4v) is 9.21. The van der Waals surface area contributed by atoms with Crippen molar-refractivity contribution in [2.45, 2.75) is 125 Å². The summed E-state index contributed by atoms with van der Waals surface area (Å²) in [5.74, 6) is 4.91. The van der Waals surface area contributed by atoms with E-state index in [1.54, 1.807) is 19.4 Å². The van der Waals surface area contributed by atoms with E-state index in [2.05, 4.69) is 40.7 Å². The first-order valence-corrected chi connectivity index (χ1v) is 15.1. The van der Waals surface area contributed by atoms with Gasteiger partial charge in [0, 0.05) is 17.0 Å². The summed E-state index contributed by atoms with van der Waals surface area (Å²) in [5.41, 5.74) is 2.95. The molecule has 0 aromatic carbocycles. The molecule has 0 heterocycles. The highest BCUT2D eigenvalue weighted by Gasteiger charge is 2.59. The quantitative estimate of drug-likeness (QED) is 0.197. The standard InChI is InChI=1S/C32H51ClO2/c1-20(2)9-8-10-21(3)27-13-14-28-26-12-11-24-19-25(35-30(34)22(4)23(5)33)15-17-31(24,6)29(26)16-18-32(27,28)7/h11,20-21,25-29H,8-10,12-19H2,1-7H3/b23-22-/t21-,25-,26+,27-,28+,29+,31-,32-/m0/s1. The average Bonchev–Trinajstić information content (AvgIpc) is 3.15. The molecule has 0 aromatic heterocycles. The Morgan fingerprint density at radius 3 is 2.49 bits per heavy atom. The van der Waals surface area contributed by atoms with Gasteiger partial charge in [0.15, 0.2) is 0 Å². The highest BCUT2D eigenvalue weighted by Crippen LogP contribution is 2.67. The van der Waals surface area contributed by atoms with Gasteiger partial charge in [-0.2, -0.15) is 0 Å². The Hall–Kier alpha value is -0.760. The molecule has 0 N–H and O–H groups in total. The van der Waals surface area contributed by atoms with Crippen LogP contribution in [-0.4, -0.2) is 12.1 Å². The maximum Gasteiger partial charge on any atom is 0.335 e. The Morgan fingerprint density at radius 2 is 1.80 bits per heavy atom. The number of fused-ring (bicyclic) bond motifs is 5. The summed E-state index contributed by atoms with van der Waals surface area (Å²) in [6.07, 6.45) is 16.8. The maximum absolute atomic E-state index is 12.5. The number of carbonyl (C=O) groups is 1. The Kier molecular flexibility index (Phi) is 8.22. The summed E-state index contributed by atoms with van der Waals surface area (Å²) in [7, 11) is 0. The summed E-state index contributed by atoms with van der Waals surface area (Å²) in [6.45, 7) is 16.0. The Labute approximate surface area is 220 Å². The molecule has 0 bridgehead atoms. The van der Waals surface area contributed by atoms with Gasteiger partial charge in [-0.1, -0.05) is 77.1 Å². The smallest absolute Gasteiger partial charge is 0.335 e. The molecule has 3 fully saturated rings. The summed E-state index contributed by atoms with van der Waals surface area (Å²) < 4.78 is 5.90. The zero-order valence-corrected chi connectivity index (χ0v) is 24.3. The van der Waals surface area contributed by atoms with E-state index in [0.29, 0.717) is 21.4 Å². The third-order valence-electron chi connectivity index (χ3n) is 11.4. The van der Waals surface area contributed by atoms with E-state index in [0.717, 1.165) is 54.8 Å². The van der Waals surface area contributed by atoms with Crippen molar-refractivity contribution in [3.63, 3.8) is 0 Å². The van der Waals surface area contributed by atoms with Crippen LogP contribution in [0, 0.1) is 46.3 Å². The van der Waals surface area contributed by atoms with Gasteiger partial charge >= 0.3 is 5.97 Å². The van der Waals surface area contributed by atoms with Crippen LogP contribution < -0.4 is 0 Å². The third-order valence-corrected chi connectivity index (χ3v) is 11.6. The minimum atomic E-state index is -0.242. The van der Waals surface area contributed by atoms with E-state index in [9.17, 15) is 4.79 Å². The first-order valence-electron chi connectivity index (χ1n) is 14.7. The number of esters is 1. The van der Waals surface area contributed by atoms with Gasteiger partial charge in [-0.3, -0.25) is 0 Å². The second kappa shape index (κ2) is 10.5. The van der Waals surface area contributed by atoms with Gasteiger partial charge in [0.05, 0.1) is 0 Å². The molecule has 4 rings (SSSR count). The molecular weight excluding hydrogens is 452 g/mol. The number of carbonyl (C=O) groups excluding carboxylic acids is 1. The number of hydrogen-bond donors (Lipinski definition) is 0. The Bertz CT molecular complexity index is 852. The van der Waals surface area contributed by atoms with Crippen LogP contribution in [0.2, 0.25) is 0 Å². The van der Waals surface area contributed by atoms with Crippen LogP contribution in [0.3, 0.4) is 0 Å². The molecule has 3 heteroatoms. The van der Waals surface area contributed by atoms with E-state index in [1.165, 1.54) is 51.4 Å². The minimum absolute atomic E-state index is 0.000692. The monoisotopic (exact) mass is 502 g/mol. The van der Waals surface area contributed by atoms with Crippen molar-refractivity contribution in [3.8, 4) is 0 Å². The molecule has 35 heavy (non-hydrogen) atoms. The first-order chi connectivity index (χ1) is 16.5. The van der Waals surface area contributed by atoms with Crippen molar-refractivity contribution in [2.24, 2.45) is 46.3 Å². The lowest BCUT2D eigenvalue weighted by Gasteiger charge is -2.58. The lowest BCUT2D eigenvalue weighted by molar-refractivity contribution is -0.146. The van der Waals surface area contributed by atoms with Gasteiger partial charge in [0.1, 0.15) is 6.10 Å². The van der Waals surface area contributed by atoms with Gasteiger partial charge in [-0.15, -0.1) is 0 Å². The van der Waals surface area contributed by atoms with Gasteiger partial charge in [0.2, 0.25) is 0 Å².